The number of hydrogen-bond donors (Lipinski definition) is 11. The topological polar surface area (TPSA) is 272 Å². The number of ether oxygens (including phenoxy) is 5. The SMILES string of the molecule is OC[C@H]1O[C@@H](OC2CC(O)CC3[OH+]C(C4CCC(O)C(O)C4)C(O[C@@H]4O[C@H](CO)[C@@H](O)[C@H](O)[C@H]4O)CC23)[C@H](O)[C@@H](O)[C@@H]1O. The number of rotatable bonds is 7. The molecule has 16 nitrogen and oxygen atoms in total. The minimum atomic E-state index is -1.67. The first-order chi connectivity index (χ1) is 20.4. The van der Waals surface area contributed by atoms with Gasteiger partial charge in [-0.3, -0.25) is 0 Å². The van der Waals surface area contributed by atoms with E-state index in [1.165, 1.54) is 0 Å². The van der Waals surface area contributed by atoms with Crippen LogP contribution >= 0.6 is 0 Å². The van der Waals surface area contributed by atoms with Gasteiger partial charge in [0.2, 0.25) is 0 Å². The molecule has 0 aromatic rings. The van der Waals surface area contributed by atoms with Crippen molar-refractivity contribution in [1.29, 1.82) is 0 Å². The Balaban J connectivity index is 1.38. The highest BCUT2D eigenvalue weighted by Gasteiger charge is 2.56. The molecule has 3 heterocycles. The van der Waals surface area contributed by atoms with Crippen LogP contribution in [0.15, 0.2) is 0 Å². The highest BCUT2D eigenvalue weighted by atomic mass is 16.7. The van der Waals surface area contributed by atoms with Crippen LogP contribution in [0.4, 0.5) is 0 Å². The van der Waals surface area contributed by atoms with Gasteiger partial charge >= 0.3 is 0 Å². The van der Waals surface area contributed by atoms with Gasteiger partial charge in [0.15, 0.2) is 24.8 Å². The Morgan fingerprint density at radius 2 is 1.14 bits per heavy atom. The number of fused-ring (bicyclic) bond motifs is 1. The summed E-state index contributed by atoms with van der Waals surface area (Å²) >= 11 is 0. The third-order valence-electron chi connectivity index (χ3n) is 9.86. The van der Waals surface area contributed by atoms with Crippen molar-refractivity contribution in [3.8, 4) is 0 Å². The van der Waals surface area contributed by atoms with Gasteiger partial charge in [0.1, 0.15) is 54.9 Å². The second kappa shape index (κ2) is 14.0. The van der Waals surface area contributed by atoms with Gasteiger partial charge in [0, 0.05) is 18.8 Å². The fourth-order valence-electron chi connectivity index (χ4n) is 7.34. The predicted octanol–water partition coefficient (Wildman–Crippen LogP) is -5.68. The van der Waals surface area contributed by atoms with Crippen LogP contribution in [0.2, 0.25) is 0 Å². The lowest BCUT2D eigenvalue weighted by molar-refractivity contribution is -0.367. The van der Waals surface area contributed by atoms with Crippen LogP contribution in [0, 0.1) is 11.8 Å². The van der Waals surface area contributed by atoms with Gasteiger partial charge in [-0.05, 0) is 25.7 Å². The third kappa shape index (κ3) is 6.90. The van der Waals surface area contributed by atoms with Crippen molar-refractivity contribution in [3.05, 3.63) is 0 Å². The summed E-state index contributed by atoms with van der Waals surface area (Å²) in [6.07, 6.45) is -18.8. The van der Waals surface area contributed by atoms with Crippen LogP contribution < -0.4 is 0 Å². The normalized spacial score (nSPS) is 54.6. The summed E-state index contributed by atoms with van der Waals surface area (Å²) in [7, 11) is 0. The minimum Gasteiger partial charge on any atom is -0.427 e. The summed E-state index contributed by atoms with van der Waals surface area (Å²) in [5, 5.41) is 113. The molecule has 0 spiro atoms. The van der Waals surface area contributed by atoms with E-state index >= 15 is 0 Å². The molecular weight excluding hydrogens is 580 g/mol. The van der Waals surface area contributed by atoms with Crippen molar-refractivity contribution in [2.24, 2.45) is 11.8 Å². The van der Waals surface area contributed by atoms with E-state index in [2.05, 4.69) is 0 Å². The lowest BCUT2D eigenvalue weighted by Crippen LogP contribution is -2.64. The van der Waals surface area contributed by atoms with Gasteiger partial charge < -0.3 is 79.9 Å². The minimum absolute atomic E-state index is 0.109. The lowest BCUT2D eigenvalue weighted by atomic mass is 9.72. The summed E-state index contributed by atoms with van der Waals surface area (Å²) in [6, 6.07) is 0. The van der Waals surface area contributed by atoms with E-state index in [0.717, 1.165) is 0 Å². The van der Waals surface area contributed by atoms with Crippen LogP contribution in [0.3, 0.4) is 0 Å². The van der Waals surface area contributed by atoms with Crippen molar-refractivity contribution in [2.45, 2.75) is 143 Å². The molecule has 5 rings (SSSR count). The molecule has 3 saturated heterocycles. The summed E-state index contributed by atoms with van der Waals surface area (Å²) in [5.41, 5.74) is 0. The summed E-state index contributed by atoms with van der Waals surface area (Å²) in [4.78, 5) is 0. The fourth-order valence-corrected chi connectivity index (χ4v) is 7.34. The fraction of sp³-hybridized carbons (Fsp3) is 1.00. The third-order valence-corrected chi connectivity index (χ3v) is 9.86. The lowest BCUT2D eigenvalue weighted by Gasteiger charge is -2.50. The summed E-state index contributed by atoms with van der Waals surface area (Å²) < 4.78 is 28.5. The summed E-state index contributed by atoms with van der Waals surface area (Å²) in [5.74, 6) is -0.695. The highest BCUT2D eigenvalue weighted by molar-refractivity contribution is 4.99. The first-order valence-electron chi connectivity index (χ1n) is 15.1. The molecule has 12 N–H and O–H groups in total. The molecule has 16 heteroatoms. The smallest absolute Gasteiger partial charge is 0.187 e. The Bertz CT molecular complexity index is 895. The predicted molar refractivity (Wildman–Crippen MR) is 140 cm³/mol. The van der Waals surface area contributed by atoms with Gasteiger partial charge in [0.05, 0.1) is 43.5 Å². The van der Waals surface area contributed by atoms with Gasteiger partial charge in [-0.2, -0.15) is 0 Å². The Morgan fingerprint density at radius 1 is 0.581 bits per heavy atom. The van der Waals surface area contributed by atoms with E-state index in [1.54, 1.807) is 0 Å². The van der Waals surface area contributed by atoms with E-state index in [1.807, 2.05) is 0 Å². The monoisotopic (exact) mass is 627 g/mol. The Labute approximate surface area is 248 Å². The van der Waals surface area contributed by atoms with Gasteiger partial charge in [0.25, 0.3) is 0 Å². The molecule has 0 aromatic carbocycles. The van der Waals surface area contributed by atoms with E-state index in [4.69, 9.17) is 23.7 Å². The van der Waals surface area contributed by atoms with E-state index in [-0.39, 0.29) is 31.6 Å². The van der Waals surface area contributed by atoms with Crippen LogP contribution in [-0.4, -0.2) is 178 Å². The van der Waals surface area contributed by atoms with Crippen LogP contribution in [0.25, 0.3) is 0 Å². The molecule has 0 aromatic heterocycles. The highest BCUT2D eigenvalue weighted by Crippen LogP contribution is 2.43. The van der Waals surface area contributed by atoms with Crippen molar-refractivity contribution in [1.82, 2.24) is 0 Å². The molecule has 43 heavy (non-hydrogen) atoms. The zero-order valence-electron chi connectivity index (χ0n) is 23.6. The van der Waals surface area contributed by atoms with Gasteiger partial charge in [-0.25, -0.2) is 0 Å². The largest absolute Gasteiger partial charge is 0.427 e. The maximum Gasteiger partial charge on any atom is 0.187 e. The van der Waals surface area contributed by atoms with E-state index < -0.39 is 123 Å². The maximum atomic E-state index is 10.7. The molecule has 250 valence electrons. The van der Waals surface area contributed by atoms with Gasteiger partial charge in [-0.1, -0.05) is 0 Å². The van der Waals surface area contributed by atoms with Crippen molar-refractivity contribution >= 4 is 0 Å². The van der Waals surface area contributed by atoms with Gasteiger partial charge in [-0.15, -0.1) is 0 Å². The molecular formula is C27H47O16+. The Hall–Kier alpha value is -0.640. The van der Waals surface area contributed by atoms with Crippen molar-refractivity contribution in [3.63, 3.8) is 0 Å². The molecule has 2 aliphatic carbocycles. The first-order valence-corrected chi connectivity index (χ1v) is 15.1. The first kappa shape index (κ1) is 33.7. The molecule has 9 unspecified atom stereocenters. The zero-order valence-corrected chi connectivity index (χ0v) is 23.6. The average Bonchev–Trinajstić information content (AvgIpc) is 2.98. The van der Waals surface area contributed by atoms with E-state index in [0.29, 0.717) is 12.8 Å². The van der Waals surface area contributed by atoms with Crippen LogP contribution in [-0.2, 0) is 18.9 Å². The molecule has 3 aliphatic heterocycles. The zero-order chi connectivity index (χ0) is 31.2. The standard InChI is InChI=1S/C27H46O16/c28-7-17-19(33)21(35)23(37)26(42-17)40-15-5-10(30)4-14-11(15)6-16(25(39-14)9-1-2-12(31)13(32)3-9)41-27-24(38)22(36)20(34)18(8-29)43-27/h9-38H,1-8H2/p+1/t9?,10?,11?,12?,13?,14?,15?,16?,17-,18-,19-,20-,21+,22+,23-,24-,25?,26-,27-/m1/s1. The van der Waals surface area contributed by atoms with Crippen molar-refractivity contribution < 1.29 is 79.9 Å². The van der Waals surface area contributed by atoms with Crippen molar-refractivity contribution in [2.75, 3.05) is 13.2 Å². The number of aliphatic hydroxyl groups excluding tert-OH is 11. The quantitative estimate of drug-likeness (QED) is 0.117. The van der Waals surface area contributed by atoms with E-state index in [9.17, 15) is 56.2 Å². The Kier molecular flexibility index (Phi) is 11.0. The van der Waals surface area contributed by atoms with Crippen LogP contribution in [0.5, 0.6) is 0 Å². The molecule has 19 atom stereocenters. The van der Waals surface area contributed by atoms with Crippen LogP contribution in [0.1, 0.15) is 38.5 Å². The Morgan fingerprint density at radius 3 is 1.67 bits per heavy atom. The number of aliphatic hydroxyl groups is 13. The second-order valence-corrected chi connectivity index (χ2v) is 12.7. The molecule has 5 fully saturated rings. The molecule has 0 amide bonds. The average molecular weight is 628 g/mol. The number of hydrogen-bond acceptors (Lipinski definition) is 15. The summed E-state index contributed by atoms with van der Waals surface area (Å²) in [6.45, 7) is -1.29. The molecule has 0 bridgehead atoms. The molecule has 5 aliphatic rings. The molecule has 2 saturated carbocycles. The maximum absolute atomic E-state index is 10.7. The second-order valence-electron chi connectivity index (χ2n) is 12.7. The molecule has 0 radical (unpaired) electrons.